The lowest BCUT2D eigenvalue weighted by Gasteiger charge is -2.31. The van der Waals surface area contributed by atoms with Gasteiger partial charge in [-0.05, 0) is 87.5 Å². The van der Waals surface area contributed by atoms with Crippen LogP contribution < -0.4 is 16.4 Å². The smallest absolute Gasteiger partial charge is 0.253 e. The summed E-state index contributed by atoms with van der Waals surface area (Å²) in [5.74, 6) is -2.32. The Kier molecular flexibility index (Phi) is 8.11. The molecule has 2 aliphatic rings. The van der Waals surface area contributed by atoms with Crippen molar-refractivity contribution in [1.29, 1.82) is 0 Å². The lowest BCUT2D eigenvalue weighted by Crippen LogP contribution is -2.38. The molecule has 4 N–H and O–H groups in total. The SMILES string of the molecule is CN(C)CCNC(=O)C1CCC(Nc2cc(-c3c4n(c5cc(F)ccc35)C(=O)CC(C)(C)C4)cc(F)c2C(N)=O)CC1. The maximum atomic E-state index is 15.6. The molecular weight excluding hydrogens is 540 g/mol. The number of amides is 2. The highest BCUT2D eigenvalue weighted by molar-refractivity contribution is 6.06. The van der Waals surface area contributed by atoms with Crippen LogP contribution in [0.5, 0.6) is 0 Å². The summed E-state index contributed by atoms with van der Waals surface area (Å²) in [6.45, 7) is 5.35. The number of fused-ring (bicyclic) bond motifs is 3. The average molecular weight is 580 g/mol. The van der Waals surface area contributed by atoms with Crippen LogP contribution in [0.3, 0.4) is 0 Å². The van der Waals surface area contributed by atoms with Crippen molar-refractivity contribution in [3.8, 4) is 11.1 Å². The van der Waals surface area contributed by atoms with Gasteiger partial charge in [-0.25, -0.2) is 8.78 Å². The summed E-state index contributed by atoms with van der Waals surface area (Å²) < 4.78 is 31.5. The molecule has 10 heteroatoms. The second-order valence-electron chi connectivity index (χ2n) is 12.8. The predicted octanol–water partition coefficient (Wildman–Crippen LogP) is 4.95. The van der Waals surface area contributed by atoms with Crippen LogP contribution in [0.25, 0.3) is 22.0 Å². The van der Waals surface area contributed by atoms with Crippen LogP contribution in [0.1, 0.15) is 66.8 Å². The van der Waals surface area contributed by atoms with Crippen LogP contribution in [0.2, 0.25) is 0 Å². The standard InChI is InChI=1S/C32H39F2N5O3/c1-32(2)16-26-28(22-10-7-20(33)15-25(22)39(26)27(40)17-32)19-13-23(34)29(30(35)41)24(14-19)37-21-8-5-18(6-9-21)31(42)36-11-12-38(3)4/h7,10,13-15,18,21,37H,5-6,8-9,11-12,16-17H2,1-4H3,(H2,35,41)(H,36,42). The molecule has 0 unspecified atom stereocenters. The fourth-order valence-corrected chi connectivity index (χ4v) is 6.47. The minimum atomic E-state index is -0.891. The molecule has 2 aromatic carbocycles. The quantitative estimate of drug-likeness (QED) is 0.350. The summed E-state index contributed by atoms with van der Waals surface area (Å²) in [6.07, 6.45) is 3.51. The lowest BCUT2D eigenvalue weighted by atomic mass is 9.80. The number of nitrogens with two attached hydrogens (primary N) is 1. The molecule has 8 nitrogen and oxygen atoms in total. The van der Waals surface area contributed by atoms with Crippen molar-refractivity contribution < 1.29 is 23.2 Å². The van der Waals surface area contributed by atoms with Gasteiger partial charge in [0.05, 0.1) is 16.8 Å². The monoisotopic (exact) mass is 579 g/mol. The zero-order chi connectivity index (χ0) is 30.3. The van der Waals surface area contributed by atoms with E-state index in [0.29, 0.717) is 72.8 Å². The molecule has 0 atom stereocenters. The molecule has 0 saturated heterocycles. The van der Waals surface area contributed by atoms with Gasteiger partial charge < -0.3 is 21.3 Å². The Bertz CT molecular complexity index is 1550. The minimum absolute atomic E-state index is 0.0421. The topological polar surface area (TPSA) is 109 Å². The van der Waals surface area contributed by atoms with E-state index >= 15 is 4.39 Å². The fourth-order valence-electron chi connectivity index (χ4n) is 6.47. The fraction of sp³-hybridized carbons (Fsp3) is 0.469. The van der Waals surface area contributed by atoms with E-state index in [1.165, 1.54) is 18.2 Å². The highest BCUT2D eigenvalue weighted by Crippen LogP contribution is 2.44. The maximum absolute atomic E-state index is 15.6. The Morgan fingerprint density at radius 3 is 2.45 bits per heavy atom. The van der Waals surface area contributed by atoms with Crippen LogP contribution in [-0.4, -0.2) is 60.4 Å². The van der Waals surface area contributed by atoms with Crippen molar-refractivity contribution in [1.82, 2.24) is 14.8 Å². The number of carbonyl (C=O) groups excluding carboxylic acids is 3. The molecule has 224 valence electrons. The number of benzene rings is 2. The van der Waals surface area contributed by atoms with Gasteiger partial charge in [0.25, 0.3) is 5.91 Å². The van der Waals surface area contributed by atoms with E-state index in [-0.39, 0.29) is 40.4 Å². The minimum Gasteiger partial charge on any atom is -0.382 e. The first-order chi connectivity index (χ1) is 19.8. The molecule has 42 heavy (non-hydrogen) atoms. The molecule has 1 aromatic heterocycles. The van der Waals surface area contributed by atoms with Crippen LogP contribution in [0, 0.1) is 23.0 Å². The number of hydrogen-bond donors (Lipinski definition) is 3. The molecule has 0 spiro atoms. The Hall–Kier alpha value is -3.79. The third-order valence-electron chi connectivity index (χ3n) is 8.49. The van der Waals surface area contributed by atoms with Crippen molar-refractivity contribution in [2.24, 2.45) is 17.1 Å². The zero-order valence-electron chi connectivity index (χ0n) is 24.7. The molecule has 0 bridgehead atoms. The Balaban J connectivity index is 1.47. The highest BCUT2D eigenvalue weighted by atomic mass is 19.1. The van der Waals surface area contributed by atoms with Gasteiger partial charge in [0.15, 0.2) is 0 Å². The Labute approximate surface area is 244 Å². The van der Waals surface area contributed by atoms with Crippen molar-refractivity contribution in [3.05, 3.63) is 53.2 Å². The van der Waals surface area contributed by atoms with Gasteiger partial charge in [0.1, 0.15) is 11.6 Å². The maximum Gasteiger partial charge on any atom is 0.253 e. The number of nitrogens with zero attached hydrogens (tertiary/aromatic N) is 2. The second kappa shape index (κ2) is 11.5. The first-order valence-electron chi connectivity index (χ1n) is 14.5. The molecule has 3 aromatic rings. The van der Waals surface area contributed by atoms with Gasteiger partial charge in [-0.15, -0.1) is 0 Å². The van der Waals surface area contributed by atoms with Crippen molar-refractivity contribution in [2.75, 3.05) is 32.5 Å². The number of likely N-dealkylation sites (N-methyl/N-ethyl adjacent to an activating group) is 1. The number of nitrogens with one attached hydrogen (secondary N) is 2. The molecule has 5 rings (SSSR count). The van der Waals surface area contributed by atoms with Crippen LogP contribution in [0.4, 0.5) is 14.5 Å². The summed E-state index contributed by atoms with van der Waals surface area (Å²) in [6, 6.07) is 7.16. The largest absolute Gasteiger partial charge is 0.382 e. The molecule has 1 aliphatic carbocycles. The summed E-state index contributed by atoms with van der Waals surface area (Å²) in [5.41, 5.74) is 7.58. The highest BCUT2D eigenvalue weighted by Gasteiger charge is 2.36. The number of primary amides is 1. The van der Waals surface area contributed by atoms with Crippen LogP contribution >= 0.6 is 0 Å². The average Bonchev–Trinajstić information content (AvgIpc) is 3.20. The number of anilines is 1. The first-order valence-corrected chi connectivity index (χ1v) is 14.5. The predicted molar refractivity (Wildman–Crippen MR) is 159 cm³/mol. The number of aromatic nitrogens is 1. The van der Waals surface area contributed by atoms with Gasteiger partial charge in [-0.2, -0.15) is 0 Å². The summed E-state index contributed by atoms with van der Waals surface area (Å²) in [4.78, 5) is 40.2. The van der Waals surface area contributed by atoms with Crippen LogP contribution in [-0.2, 0) is 11.2 Å². The van der Waals surface area contributed by atoms with E-state index in [1.807, 2.05) is 32.8 Å². The first kappa shape index (κ1) is 29.7. The summed E-state index contributed by atoms with van der Waals surface area (Å²) in [7, 11) is 3.91. The van der Waals surface area contributed by atoms with Gasteiger partial charge in [0, 0.05) is 48.1 Å². The molecular formula is C32H39F2N5O3. The molecule has 2 amide bonds. The van der Waals surface area contributed by atoms with Gasteiger partial charge in [-0.3, -0.25) is 19.0 Å². The van der Waals surface area contributed by atoms with Gasteiger partial charge in [-0.1, -0.05) is 13.8 Å². The number of rotatable bonds is 8. The number of hydrogen-bond acceptors (Lipinski definition) is 5. The number of carbonyl (C=O) groups is 3. The van der Waals surface area contributed by atoms with E-state index in [0.717, 1.165) is 6.54 Å². The molecule has 1 aliphatic heterocycles. The molecule has 1 saturated carbocycles. The molecule has 2 heterocycles. The zero-order valence-corrected chi connectivity index (χ0v) is 24.7. The van der Waals surface area contributed by atoms with Gasteiger partial charge in [0.2, 0.25) is 11.8 Å². The summed E-state index contributed by atoms with van der Waals surface area (Å²) >= 11 is 0. The lowest BCUT2D eigenvalue weighted by molar-refractivity contribution is -0.126. The van der Waals surface area contributed by atoms with E-state index in [4.69, 9.17) is 5.73 Å². The van der Waals surface area contributed by atoms with E-state index in [1.54, 1.807) is 16.7 Å². The third-order valence-corrected chi connectivity index (χ3v) is 8.49. The van der Waals surface area contributed by atoms with E-state index < -0.39 is 17.5 Å². The third kappa shape index (κ3) is 5.90. The van der Waals surface area contributed by atoms with Crippen molar-refractivity contribution in [2.45, 2.75) is 58.4 Å². The second-order valence-corrected chi connectivity index (χ2v) is 12.8. The van der Waals surface area contributed by atoms with Crippen molar-refractivity contribution in [3.63, 3.8) is 0 Å². The number of halogens is 2. The van der Waals surface area contributed by atoms with Crippen LogP contribution in [0.15, 0.2) is 30.3 Å². The van der Waals surface area contributed by atoms with Gasteiger partial charge >= 0.3 is 0 Å². The Morgan fingerprint density at radius 1 is 1.07 bits per heavy atom. The summed E-state index contributed by atoms with van der Waals surface area (Å²) in [5, 5.41) is 6.97. The molecule has 1 fully saturated rings. The van der Waals surface area contributed by atoms with E-state index in [9.17, 15) is 18.8 Å². The van der Waals surface area contributed by atoms with E-state index in [2.05, 4.69) is 10.6 Å². The Morgan fingerprint density at radius 2 is 1.79 bits per heavy atom. The normalized spacial score (nSPS) is 20.0. The van der Waals surface area contributed by atoms with Crippen molar-refractivity contribution >= 4 is 34.3 Å². The molecule has 0 radical (unpaired) electrons.